The van der Waals surface area contributed by atoms with Crippen LogP contribution in [0.3, 0.4) is 0 Å². The van der Waals surface area contributed by atoms with Gasteiger partial charge in [0.1, 0.15) is 5.82 Å². The number of hydrogen-bond acceptors (Lipinski definition) is 4. The molecule has 3 heterocycles. The lowest BCUT2D eigenvalue weighted by molar-refractivity contribution is -0.117. The van der Waals surface area contributed by atoms with Gasteiger partial charge in [-0.1, -0.05) is 42.5 Å². The molecule has 2 bridgehead atoms. The monoisotopic (exact) mass is 386 g/mol. The van der Waals surface area contributed by atoms with Crippen LogP contribution >= 0.6 is 0 Å². The zero-order valence-electron chi connectivity index (χ0n) is 16.7. The van der Waals surface area contributed by atoms with Gasteiger partial charge in [0.15, 0.2) is 0 Å². The Morgan fingerprint density at radius 1 is 1.03 bits per heavy atom. The van der Waals surface area contributed by atoms with Crippen molar-refractivity contribution in [2.24, 2.45) is 0 Å². The lowest BCUT2D eigenvalue weighted by Crippen LogP contribution is -2.55. The summed E-state index contributed by atoms with van der Waals surface area (Å²) in [4.78, 5) is 22.2. The van der Waals surface area contributed by atoms with Gasteiger partial charge in [0.05, 0.1) is 6.54 Å². The Bertz CT molecular complexity index is 1030. The third-order valence-electron chi connectivity index (χ3n) is 6.24. The van der Waals surface area contributed by atoms with E-state index >= 15 is 0 Å². The number of fused-ring (bicyclic) bond motifs is 3. The van der Waals surface area contributed by atoms with Crippen LogP contribution in [0.1, 0.15) is 18.4 Å². The molecular weight excluding hydrogens is 360 g/mol. The molecule has 5 nitrogen and oxygen atoms in total. The van der Waals surface area contributed by atoms with E-state index in [9.17, 15) is 4.79 Å². The quantitative estimate of drug-likeness (QED) is 0.740. The molecule has 1 N–H and O–H groups in total. The van der Waals surface area contributed by atoms with E-state index in [2.05, 4.69) is 45.4 Å². The first-order valence-electron chi connectivity index (χ1n) is 10.4. The van der Waals surface area contributed by atoms with E-state index in [0.29, 0.717) is 18.6 Å². The number of carbonyl (C=O) groups excluding carboxylic acids is 1. The molecule has 2 aliphatic rings. The van der Waals surface area contributed by atoms with Crippen molar-refractivity contribution in [1.29, 1.82) is 0 Å². The number of nitrogens with zero attached hydrogens (tertiary/aromatic N) is 3. The fraction of sp³-hybridized carbons (Fsp3) is 0.333. The summed E-state index contributed by atoms with van der Waals surface area (Å²) in [5.74, 6) is 1.16. The van der Waals surface area contributed by atoms with Crippen LogP contribution in [-0.4, -0.2) is 47.5 Å². The summed E-state index contributed by atoms with van der Waals surface area (Å²) in [5, 5.41) is 5.52. The van der Waals surface area contributed by atoms with E-state index < -0.39 is 0 Å². The average molecular weight is 386 g/mol. The second-order valence-electron chi connectivity index (χ2n) is 8.21. The average Bonchev–Trinajstić information content (AvgIpc) is 2.99. The third-order valence-corrected chi connectivity index (χ3v) is 6.24. The molecule has 5 heteroatoms. The molecule has 2 aliphatic heterocycles. The summed E-state index contributed by atoms with van der Waals surface area (Å²) in [6.45, 7) is 4.27. The molecule has 0 spiro atoms. The largest absolute Gasteiger partial charge is 0.348 e. The highest BCUT2D eigenvalue weighted by Crippen LogP contribution is 2.37. The lowest BCUT2D eigenvalue weighted by Gasteiger charge is -2.42. The van der Waals surface area contributed by atoms with Crippen molar-refractivity contribution in [2.45, 2.75) is 31.8 Å². The minimum absolute atomic E-state index is 0.0652. The zero-order valence-corrected chi connectivity index (χ0v) is 16.7. The van der Waals surface area contributed by atoms with Gasteiger partial charge in [-0.05, 0) is 42.8 Å². The number of piperazine rings is 1. The first-order chi connectivity index (χ1) is 14.2. The van der Waals surface area contributed by atoms with Gasteiger partial charge in [0.2, 0.25) is 5.91 Å². The van der Waals surface area contributed by atoms with E-state index in [1.807, 2.05) is 37.4 Å². The number of aryl methyl sites for hydroxylation is 1. The summed E-state index contributed by atoms with van der Waals surface area (Å²) in [6, 6.07) is 19.3. The Labute approximate surface area is 171 Å². The van der Waals surface area contributed by atoms with Crippen molar-refractivity contribution in [3.63, 3.8) is 0 Å². The van der Waals surface area contributed by atoms with Gasteiger partial charge in [-0.15, -0.1) is 0 Å². The second-order valence-corrected chi connectivity index (χ2v) is 8.21. The van der Waals surface area contributed by atoms with Crippen LogP contribution in [-0.2, 0) is 4.79 Å². The second kappa shape index (κ2) is 7.48. The first-order valence-corrected chi connectivity index (χ1v) is 10.4. The highest BCUT2D eigenvalue weighted by molar-refractivity contribution is 5.93. The normalized spacial score (nSPS) is 21.5. The van der Waals surface area contributed by atoms with Gasteiger partial charge in [-0.2, -0.15) is 0 Å². The fourth-order valence-electron chi connectivity index (χ4n) is 4.88. The van der Waals surface area contributed by atoms with Crippen molar-refractivity contribution < 1.29 is 4.79 Å². The number of aromatic nitrogens is 1. The number of carbonyl (C=O) groups is 1. The lowest BCUT2D eigenvalue weighted by atomic mass is 10.1. The summed E-state index contributed by atoms with van der Waals surface area (Å²) in [7, 11) is 0. The predicted molar refractivity (Wildman–Crippen MR) is 117 cm³/mol. The van der Waals surface area contributed by atoms with Gasteiger partial charge in [-0.3, -0.25) is 9.69 Å². The maximum Gasteiger partial charge on any atom is 0.238 e. The number of benzene rings is 2. The molecule has 5 rings (SSSR count). The predicted octanol–water partition coefficient (Wildman–Crippen LogP) is 3.83. The molecule has 1 aromatic heterocycles. The summed E-state index contributed by atoms with van der Waals surface area (Å²) in [5.41, 5.74) is 1.99. The van der Waals surface area contributed by atoms with Gasteiger partial charge in [0, 0.05) is 42.4 Å². The van der Waals surface area contributed by atoms with Gasteiger partial charge < -0.3 is 10.2 Å². The molecule has 148 valence electrons. The Morgan fingerprint density at radius 3 is 2.55 bits per heavy atom. The molecule has 0 aliphatic carbocycles. The first kappa shape index (κ1) is 18.1. The van der Waals surface area contributed by atoms with Crippen molar-refractivity contribution in [1.82, 2.24) is 9.88 Å². The number of rotatable bonds is 4. The van der Waals surface area contributed by atoms with Gasteiger partial charge in [-0.25, -0.2) is 4.98 Å². The molecule has 0 saturated carbocycles. The van der Waals surface area contributed by atoms with E-state index in [1.54, 1.807) is 0 Å². The molecule has 2 saturated heterocycles. The topological polar surface area (TPSA) is 48.5 Å². The van der Waals surface area contributed by atoms with Crippen LogP contribution in [0, 0.1) is 6.92 Å². The van der Waals surface area contributed by atoms with Gasteiger partial charge >= 0.3 is 0 Å². The van der Waals surface area contributed by atoms with E-state index in [1.165, 1.54) is 10.8 Å². The Kier molecular flexibility index (Phi) is 4.68. The van der Waals surface area contributed by atoms with Crippen LogP contribution in [0.25, 0.3) is 10.8 Å². The van der Waals surface area contributed by atoms with E-state index in [4.69, 9.17) is 4.98 Å². The maximum atomic E-state index is 12.6. The van der Waals surface area contributed by atoms with Crippen LogP contribution in [0.15, 0.2) is 60.8 Å². The molecule has 2 atom stereocenters. The number of pyridine rings is 1. The van der Waals surface area contributed by atoms with Crippen molar-refractivity contribution >= 4 is 28.2 Å². The molecule has 29 heavy (non-hydrogen) atoms. The minimum atomic E-state index is 0.0652. The highest BCUT2D eigenvalue weighted by atomic mass is 16.2. The van der Waals surface area contributed by atoms with Crippen LogP contribution in [0.4, 0.5) is 11.5 Å². The number of amides is 1. The Morgan fingerprint density at radius 2 is 1.76 bits per heavy atom. The molecule has 2 fully saturated rings. The molecule has 2 aromatic carbocycles. The number of nitrogens with one attached hydrogen (secondary N) is 1. The summed E-state index contributed by atoms with van der Waals surface area (Å²) < 4.78 is 0. The van der Waals surface area contributed by atoms with E-state index in [0.717, 1.165) is 43.0 Å². The number of likely N-dealkylation sites (tertiary alicyclic amines) is 1. The summed E-state index contributed by atoms with van der Waals surface area (Å²) >= 11 is 0. The fourth-order valence-corrected chi connectivity index (χ4v) is 4.88. The van der Waals surface area contributed by atoms with Crippen LogP contribution in [0.2, 0.25) is 0 Å². The Hall–Kier alpha value is -2.92. The van der Waals surface area contributed by atoms with Crippen molar-refractivity contribution in [3.8, 4) is 0 Å². The third kappa shape index (κ3) is 3.47. The summed E-state index contributed by atoms with van der Waals surface area (Å²) in [6.07, 6.45) is 4.23. The van der Waals surface area contributed by atoms with Crippen LogP contribution in [0.5, 0.6) is 0 Å². The number of para-hydroxylation sites is 1. The molecular formula is C24H26N4O. The van der Waals surface area contributed by atoms with Gasteiger partial charge in [0.25, 0.3) is 0 Å². The number of anilines is 2. The SMILES string of the molecule is Cc1ccccc1NC(=O)CN1CC2CCC(C1)N2c1nccc2ccccc12. The molecule has 3 aromatic rings. The Balaban J connectivity index is 1.30. The minimum Gasteiger partial charge on any atom is -0.348 e. The maximum absolute atomic E-state index is 12.6. The smallest absolute Gasteiger partial charge is 0.238 e. The highest BCUT2D eigenvalue weighted by Gasteiger charge is 2.41. The number of hydrogen-bond donors (Lipinski definition) is 1. The van der Waals surface area contributed by atoms with Crippen molar-refractivity contribution in [3.05, 3.63) is 66.4 Å². The standard InChI is InChI=1S/C24H26N4O/c1-17-6-2-5-9-22(17)26-23(29)16-27-14-19-10-11-20(15-27)28(19)24-21-8-4-3-7-18(21)12-13-25-24/h2-9,12-13,19-20H,10-11,14-16H2,1H3,(H,26,29). The van der Waals surface area contributed by atoms with E-state index in [-0.39, 0.29) is 5.91 Å². The zero-order chi connectivity index (χ0) is 19.8. The molecule has 2 unspecified atom stereocenters. The van der Waals surface area contributed by atoms with Crippen LogP contribution < -0.4 is 10.2 Å². The molecule has 1 amide bonds. The van der Waals surface area contributed by atoms with Crippen molar-refractivity contribution in [2.75, 3.05) is 29.9 Å². The molecule has 0 radical (unpaired) electrons.